The molecule has 3 amide bonds. The molecule has 0 saturated carbocycles. The van der Waals surface area contributed by atoms with Gasteiger partial charge in [-0.15, -0.1) is 0 Å². The molecule has 2 rings (SSSR count). The third-order valence-electron chi connectivity index (χ3n) is 5.68. The van der Waals surface area contributed by atoms with Crippen LogP contribution in [0, 0.1) is 5.92 Å². The molecular formula is C23H34N4O6. The van der Waals surface area contributed by atoms with E-state index in [1.54, 1.807) is 38.4 Å². The Bertz CT molecular complexity index is 870. The van der Waals surface area contributed by atoms with E-state index in [0.717, 1.165) is 5.56 Å². The van der Waals surface area contributed by atoms with E-state index in [0.29, 0.717) is 5.75 Å². The maximum Gasteiger partial charge on any atom is 0.247 e. The number of rotatable bonds is 10. The number of methoxy groups -OCH3 is 1. The van der Waals surface area contributed by atoms with E-state index in [1.807, 2.05) is 13.8 Å². The average molecular weight is 463 g/mol. The van der Waals surface area contributed by atoms with E-state index in [-0.39, 0.29) is 30.2 Å². The molecular weight excluding hydrogens is 428 g/mol. The summed E-state index contributed by atoms with van der Waals surface area (Å²) in [6, 6.07) is 4.53. The zero-order valence-corrected chi connectivity index (χ0v) is 19.4. The second-order valence-corrected chi connectivity index (χ2v) is 8.48. The van der Waals surface area contributed by atoms with Gasteiger partial charge in [-0.05, 0) is 30.7 Å². The van der Waals surface area contributed by atoms with Gasteiger partial charge in [0, 0.05) is 18.4 Å². The summed E-state index contributed by atoms with van der Waals surface area (Å²) in [5, 5.41) is 28.8. The van der Waals surface area contributed by atoms with Crippen molar-refractivity contribution >= 4 is 17.7 Å². The van der Waals surface area contributed by atoms with Gasteiger partial charge in [0.05, 0.1) is 25.3 Å². The van der Waals surface area contributed by atoms with Crippen LogP contribution >= 0.6 is 0 Å². The quantitative estimate of drug-likeness (QED) is 0.259. The molecule has 1 aromatic carbocycles. The van der Waals surface area contributed by atoms with Crippen LogP contribution in [0.3, 0.4) is 0 Å². The summed E-state index contributed by atoms with van der Waals surface area (Å²) in [6.07, 6.45) is -1.10. The fourth-order valence-electron chi connectivity index (χ4n) is 3.76. The normalized spacial score (nSPS) is 22.2. The average Bonchev–Trinajstić information content (AvgIpc) is 2.76. The topological polar surface area (TPSA) is 163 Å². The number of carbonyl (C=O) groups is 3. The highest BCUT2D eigenvalue weighted by Crippen LogP contribution is 2.21. The lowest BCUT2D eigenvalue weighted by atomic mass is 9.89. The van der Waals surface area contributed by atoms with Gasteiger partial charge in [-0.1, -0.05) is 32.1 Å². The second-order valence-electron chi connectivity index (χ2n) is 8.48. The first kappa shape index (κ1) is 26.3. The molecule has 7 N–H and O–H groups in total. The Kier molecular flexibility index (Phi) is 9.39. The van der Waals surface area contributed by atoms with Gasteiger partial charge in [-0.3, -0.25) is 14.4 Å². The standard InChI is InChI=1S/C23H34N4O6/c1-12(2)19(25-3)23(32)26-16-10-14(11-18(28)20(16)29)22(31)27-17(21(24)30)9-13-5-7-15(33-4)8-6-13/h5-8,10,12,16-20,25,28-29H,9,11H2,1-4H3,(H2,24,30)(H,26,32)(H,27,31)/t16-,17+,18-,19+,20-/m1/s1. The van der Waals surface area contributed by atoms with Gasteiger partial charge in [-0.2, -0.15) is 0 Å². The minimum absolute atomic E-state index is 0.0123. The van der Waals surface area contributed by atoms with Crippen LogP contribution in [0.4, 0.5) is 0 Å². The van der Waals surface area contributed by atoms with Crippen molar-refractivity contribution in [3.63, 3.8) is 0 Å². The molecule has 0 unspecified atom stereocenters. The number of likely N-dealkylation sites (N-methyl/N-ethyl adjacent to an activating group) is 1. The molecule has 0 fully saturated rings. The first-order valence-corrected chi connectivity index (χ1v) is 10.8. The molecule has 182 valence electrons. The first-order valence-electron chi connectivity index (χ1n) is 10.8. The number of amides is 3. The molecule has 1 aliphatic carbocycles. The maximum absolute atomic E-state index is 12.9. The second kappa shape index (κ2) is 11.8. The molecule has 33 heavy (non-hydrogen) atoms. The summed E-state index contributed by atoms with van der Waals surface area (Å²) in [7, 11) is 3.19. The summed E-state index contributed by atoms with van der Waals surface area (Å²) < 4.78 is 5.11. The summed E-state index contributed by atoms with van der Waals surface area (Å²) in [5.41, 5.74) is 6.40. The van der Waals surface area contributed by atoms with Crippen LogP contribution in [0.15, 0.2) is 35.9 Å². The predicted molar refractivity (Wildman–Crippen MR) is 122 cm³/mol. The molecule has 1 aromatic rings. The number of aliphatic hydroxyl groups is 2. The van der Waals surface area contributed by atoms with Gasteiger partial charge in [0.15, 0.2) is 0 Å². The summed E-state index contributed by atoms with van der Waals surface area (Å²) >= 11 is 0. The molecule has 0 spiro atoms. The van der Waals surface area contributed by atoms with Gasteiger partial charge < -0.3 is 36.6 Å². The number of hydrogen-bond acceptors (Lipinski definition) is 7. The molecule has 0 heterocycles. The number of aliphatic hydroxyl groups excluding tert-OH is 2. The van der Waals surface area contributed by atoms with Crippen molar-refractivity contribution in [2.45, 2.75) is 57.0 Å². The van der Waals surface area contributed by atoms with Crippen molar-refractivity contribution in [1.82, 2.24) is 16.0 Å². The molecule has 10 heteroatoms. The largest absolute Gasteiger partial charge is 0.497 e. The fourth-order valence-corrected chi connectivity index (χ4v) is 3.76. The number of nitrogens with one attached hydrogen (secondary N) is 3. The van der Waals surface area contributed by atoms with Crippen LogP contribution in [0.25, 0.3) is 0 Å². The summed E-state index contributed by atoms with van der Waals surface area (Å²) in [4.78, 5) is 37.4. The number of nitrogens with two attached hydrogens (primary N) is 1. The van der Waals surface area contributed by atoms with Crippen molar-refractivity contribution < 1.29 is 29.3 Å². The van der Waals surface area contributed by atoms with E-state index < -0.39 is 42.1 Å². The zero-order valence-electron chi connectivity index (χ0n) is 19.4. The molecule has 0 aliphatic heterocycles. The molecule has 0 radical (unpaired) electrons. The first-order chi connectivity index (χ1) is 15.6. The van der Waals surface area contributed by atoms with Gasteiger partial charge in [0.2, 0.25) is 17.7 Å². The van der Waals surface area contributed by atoms with E-state index in [4.69, 9.17) is 10.5 Å². The molecule has 1 aliphatic rings. The van der Waals surface area contributed by atoms with Crippen LogP contribution < -0.4 is 26.4 Å². The summed E-state index contributed by atoms with van der Waals surface area (Å²) in [5.74, 6) is -1.04. The Hall–Kier alpha value is -2.95. The Labute approximate surface area is 193 Å². The van der Waals surface area contributed by atoms with Crippen molar-refractivity contribution in [1.29, 1.82) is 0 Å². The van der Waals surface area contributed by atoms with E-state index >= 15 is 0 Å². The van der Waals surface area contributed by atoms with Gasteiger partial charge in [-0.25, -0.2) is 0 Å². The van der Waals surface area contributed by atoms with Crippen LogP contribution in [-0.2, 0) is 20.8 Å². The lowest BCUT2D eigenvalue weighted by Crippen LogP contribution is -2.56. The number of primary amides is 1. The lowest BCUT2D eigenvalue weighted by molar-refractivity contribution is -0.127. The van der Waals surface area contributed by atoms with Gasteiger partial charge in [0.1, 0.15) is 17.9 Å². The van der Waals surface area contributed by atoms with E-state index in [9.17, 15) is 24.6 Å². The zero-order chi connectivity index (χ0) is 24.7. The third-order valence-corrected chi connectivity index (χ3v) is 5.68. The maximum atomic E-state index is 12.9. The lowest BCUT2D eigenvalue weighted by Gasteiger charge is -2.32. The summed E-state index contributed by atoms with van der Waals surface area (Å²) in [6.45, 7) is 3.74. The molecule has 0 aromatic heterocycles. The van der Waals surface area contributed by atoms with E-state index in [2.05, 4.69) is 16.0 Å². The Morgan fingerprint density at radius 2 is 1.82 bits per heavy atom. The molecule has 10 nitrogen and oxygen atoms in total. The molecule has 0 saturated heterocycles. The smallest absolute Gasteiger partial charge is 0.247 e. The number of hydrogen-bond donors (Lipinski definition) is 6. The van der Waals surface area contributed by atoms with Crippen molar-refractivity contribution in [3.05, 3.63) is 41.5 Å². The number of benzene rings is 1. The Morgan fingerprint density at radius 3 is 2.33 bits per heavy atom. The minimum Gasteiger partial charge on any atom is -0.497 e. The van der Waals surface area contributed by atoms with Crippen LogP contribution in [-0.4, -0.2) is 72.4 Å². The third kappa shape index (κ3) is 7.01. The minimum atomic E-state index is -1.28. The molecule has 0 bridgehead atoms. The molecule has 5 atom stereocenters. The van der Waals surface area contributed by atoms with E-state index in [1.165, 1.54) is 6.08 Å². The highest BCUT2D eigenvalue weighted by molar-refractivity contribution is 5.97. The number of carbonyl (C=O) groups excluding carboxylic acids is 3. The highest BCUT2D eigenvalue weighted by Gasteiger charge is 2.35. The Morgan fingerprint density at radius 1 is 1.18 bits per heavy atom. The van der Waals surface area contributed by atoms with Crippen molar-refractivity contribution in [3.8, 4) is 5.75 Å². The van der Waals surface area contributed by atoms with Crippen LogP contribution in [0.1, 0.15) is 25.8 Å². The number of ether oxygens (including phenoxy) is 1. The van der Waals surface area contributed by atoms with Crippen molar-refractivity contribution in [2.24, 2.45) is 11.7 Å². The predicted octanol–water partition coefficient (Wildman–Crippen LogP) is -1.01. The van der Waals surface area contributed by atoms with Gasteiger partial charge in [0.25, 0.3) is 0 Å². The SMILES string of the molecule is CN[C@H](C(=O)N[C@@H]1C=C(C(=O)N[C@@H](Cc2ccc(OC)cc2)C(N)=O)C[C@@H](O)[C@@H]1O)C(C)C. The van der Waals surface area contributed by atoms with Crippen LogP contribution in [0.2, 0.25) is 0 Å². The monoisotopic (exact) mass is 462 g/mol. The van der Waals surface area contributed by atoms with Crippen molar-refractivity contribution in [2.75, 3.05) is 14.2 Å². The fraction of sp³-hybridized carbons (Fsp3) is 0.522. The highest BCUT2D eigenvalue weighted by atomic mass is 16.5. The Balaban J connectivity index is 2.14. The van der Waals surface area contributed by atoms with Gasteiger partial charge >= 0.3 is 0 Å². The van der Waals surface area contributed by atoms with Crippen LogP contribution in [0.5, 0.6) is 5.75 Å².